The third kappa shape index (κ3) is 5.82. The number of hydrogen-bond acceptors (Lipinski definition) is 7. The van der Waals surface area contributed by atoms with Crippen molar-refractivity contribution in [3.05, 3.63) is 83.4 Å². The van der Waals surface area contributed by atoms with Gasteiger partial charge in [-0.15, -0.1) is 0 Å². The second-order valence-corrected chi connectivity index (χ2v) is 9.10. The number of H-pyrrole nitrogens is 1. The first kappa shape index (κ1) is 25.2. The molecular formula is C28H32N4O4. The predicted octanol–water partition coefficient (Wildman–Crippen LogP) is 5.44. The van der Waals surface area contributed by atoms with Gasteiger partial charge in [-0.3, -0.25) is 9.89 Å². The SMILES string of the molecule is CCCC1=CC(C)/C=C\C(C)(C(=O)OCc2ccccc2)C=C1OCc1[nH]nc2nc(OC)ncc12. The Balaban J connectivity index is 1.61. The summed E-state index contributed by atoms with van der Waals surface area (Å²) in [5.41, 5.74) is 2.25. The molecule has 2 unspecified atom stereocenters. The minimum absolute atomic E-state index is 0.133. The van der Waals surface area contributed by atoms with Crippen LogP contribution >= 0.6 is 0 Å². The lowest BCUT2D eigenvalue weighted by molar-refractivity contribution is -0.151. The molecule has 8 nitrogen and oxygen atoms in total. The van der Waals surface area contributed by atoms with Crippen molar-refractivity contribution in [1.82, 2.24) is 20.2 Å². The summed E-state index contributed by atoms with van der Waals surface area (Å²) in [5, 5.41) is 7.98. The lowest BCUT2D eigenvalue weighted by Crippen LogP contribution is -2.27. The smallest absolute Gasteiger partial charge is 0.320 e. The molecule has 8 heteroatoms. The average molecular weight is 489 g/mol. The molecule has 2 atom stereocenters. The molecule has 2 aromatic heterocycles. The Kier molecular flexibility index (Phi) is 7.83. The van der Waals surface area contributed by atoms with Gasteiger partial charge in [0.15, 0.2) is 5.65 Å². The molecule has 1 N–H and O–H groups in total. The summed E-state index contributed by atoms with van der Waals surface area (Å²) in [7, 11) is 1.51. The lowest BCUT2D eigenvalue weighted by Gasteiger charge is -2.25. The Bertz CT molecular complexity index is 1300. The normalized spacial score (nSPS) is 20.6. The summed E-state index contributed by atoms with van der Waals surface area (Å²) in [6, 6.07) is 9.92. The van der Waals surface area contributed by atoms with Gasteiger partial charge in [-0.2, -0.15) is 10.1 Å². The minimum Gasteiger partial charge on any atom is -0.487 e. The van der Waals surface area contributed by atoms with Crippen LogP contribution in [0.25, 0.3) is 11.0 Å². The first-order valence-electron chi connectivity index (χ1n) is 12.1. The van der Waals surface area contributed by atoms with Gasteiger partial charge in [0.25, 0.3) is 0 Å². The van der Waals surface area contributed by atoms with Crippen LogP contribution in [0.2, 0.25) is 0 Å². The van der Waals surface area contributed by atoms with Crippen LogP contribution in [0.15, 0.2) is 72.2 Å². The minimum atomic E-state index is -0.988. The Hall–Kier alpha value is -3.94. The number of carbonyl (C=O) groups excluding carboxylic acids is 1. The number of esters is 1. The van der Waals surface area contributed by atoms with Crippen molar-refractivity contribution in [2.45, 2.75) is 46.8 Å². The van der Waals surface area contributed by atoms with E-state index in [2.05, 4.69) is 40.1 Å². The van der Waals surface area contributed by atoms with E-state index >= 15 is 0 Å². The second-order valence-electron chi connectivity index (χ2n) is 9.10. The zero-order chi connectivity index (χ0) is 25.5. The number of hydrogen-bond donors (Lipinski definition) is 1. The van der Waals surface area contributed by atoms with Gasteiger partial charge in [0.1, 0.15) is 24.4 Å². The molecule has 0 fully saturated rings. The van der Waals surface area contributed by atoms with E-state index in [1.807, 2.05) is 55.5 Å². The number of carbonyl (C=O) groups is 1. The fourth-order valence-electron chi connectivity index (χ4n) is 4.03. The summed E-state index contributed by atoms with van der Waals surface area (Å²) >= 11 is 0. The Labute approximate surface area is 211 Å². The van der Waals surface area contributed by atoms with Crippen LogP contribution in [-0.2, 0) is 27.5 Å². The third-order valence-electron chi connectivity index (χ3n) is 6.05. The monoisotopic (exact) mass is 488 g/mol. The van der Waals surface area contributed by atoms with Gasteiger partial charge in [-0.25, -0.2) is 4.98 Å². The van der Waals surface area contributed by atoms with Crippen LogP contribution in [-0.4, -0.2) is 33.2 Å². The molecule has 188 valence electrons. The van der Waals surface area contributed by atoms with E-state index in [4.69, 9.17) is 14.2 Å². The standard InChI is InChI=1S/C28H32N4O4/c1-5-9-21-14-19(2)12-13-28(3,26(33)36-17-20-10-7-6-8-11-20)15-24(21)35-18-23-22-16-29-27(34-4)30-25(22)32-31-23/h6-8,10-16,19H,5,9,17-18H2,1-4H3,(H,29,30,31,32)/b13-12-,21-14?,24-15?. The summed E-state index contributed by atoms with van der Waals surface area (Å²) in [5.74, 6) is 0.458. The van der Waals surface area contributed by atoms with Crippen LogP contribution in [0, 0.1) is 11.3 Å². The van der Waals surface area contributed by atoms with Crippen molar-refractivity contribution in [2.24, 2.45) is 11.3 Å². The maximum absolute atomic E-state index is 13.3. The quantitative estimate of drug-likeness (QED) is 0.316. The zero-order valence-corrected chi connectivity index (χ0v) is 21.2. The van der Waals surface area contributed by atoms with Crippen molar-refractivity contribution < 1.29 is 19.0 Å². The highest BCUT2D eigenvalue weighted by molar-refractivity contribution is 5.81. The summed E-state index contributed by atoms with van der Waals surface area (Å²) in [4.78, 5) is 21.7. The highest BCUT2D eigenvalue weighted by Crippen LogP contribution is 2.33. The topological polar surface area (TPSA) is 99.2 Å². The van der Waals surface area contributed by atoms with Gasteiger partial charge in [0.2, 0.25) is 0 Å². The maximum atomic E-state index is 13.3. The zero-order valence-electron chi connectivity index (χ0n) is 21.2. The number of nitrogens with zero attached hydrogens (tertiary/aromatic N) is 3. The summed E-state index contributed by atoms with van der Waals surface area (Å²) < 4.78 is 17.1. The Morgan fingerprint density at radius 1 is 1.19 bits per heavy atom. The van der Waals surface area contributed by atoms with Gasteiger partial charge in [-0.05, 0) is 36.5 Å². The van der Waals surface area contributed by atoms with E-state index in [1.165, 1.54) is 7.11 Å². The largest absolute Gasteiger partial charge is 0.487 e. The summed E-state index contributed by atoms with van der Waals surface area (Å²) in [6.45, 7) is 6.50. The van der Waals surface area contributed by atoms with E-state index < -0.39 is 5.41 Å². The molecule has 3 aromatic rings. The molecule has 0 bridgehead atoms. The molecule has 0 aliphatic heterocycles. The molecule has 0 amide bonds. The fraction of sp³-hybridized carbons (Fsp3) is 0.357. The molecule has 4 rings (SSSR count). The number of aromatic nitrogens is 4. The highest BCUT2D eigenvalue weighted by Gasteiger charge is 2.33. The van der Waals surface area contributed by atoms with Crippen molar-refractivity contribution in [3.63, 3.8) is 0 Å². The summed E-state index contributed by atoms with van der Waals surface area (Å²) in [6.07, 6.45) is 11.4. The van der Waals surface area contributed by atoms with E-state index in [0.717, 1.165) is 35.1 Å². The van der Waals surface area contributed by atoms with Crippen molar-refractivity contribution in [2.75, 3.05) is 7.11 Å². The van der Waals surface area contributed by atoms with Gasteiger partial charge in [-0.1, -0.05) is 68.8 Å². The van der Waals surface area contributed by atoms with Crippen molar-refractivity contribution in [3.8, 4) is 6.01 Å². The number of fused-ring (bicyclic) bond motifs is 1. The predicted molar refractivity (Wildman–Crippen MR) is 137 cm³/mol. The third-order valence-corrected chi connectivity index (χ3v) is 6.05. The lowest BCUT2D eigenvalue weighted by atomic mass is 9.84. The highest BCUT2D eigenvalue weighted by atomic mass is 16.5. The van der Waals surface area contributed by atoms with E-state index in [9.17, 15) is 4.79 Å². The number of benzene rings is 1. The Morgan fingerprint density at radius 2 is 2.00 bits per heavy atom. The number of nitrogens with one attached hydrogen (secondary N) is 1. The molecule has 0 spiro atoms. The molecule has 36 heavy (non-hydrogen) atoms. The number of methoxy groups -OCH3 is 1. The Morgan fingerprint density at radius 3 is 2.75 bits per heavy atom. The number of allylic oxidation sites excluding steroid dienone is 3. The molecule has 1 aliphatic rings. The second kappa shape index (κ2) is 11.2. The molecule has 0 saturated carbocycles. The molecule has 2 heterocycles. The van der Waals surface area contributed by atoms with Crippen LogP contribution in [0.5, 0.6) is 6.01 Å². The van der Waals surface area contributed by atoms with E-state index in [0.29, 0.717) is 11.4 Å². The molecule has 0 radical (unpaired) electrons. The van der Waals surface area contributed by atoms with Crippen molar-refractivity contribution >= 4 is 17.0 Å². The average Bonchev–Trinajstić information content (AvgIpc) is 3.30. The molecule has 0 saturated heterocycles. The fourth-order valence-corrected chi connectivity index (χ4v) is 4.03. The van der Waals surface area contributed by atoms with Gasteiger partial charge in [0.05, 0.1) is 18.2 Å². The molecule has 1 aliphatic carbocycles. The van der Waals surface area contributed by atoms with Crippen LogP contribution in [0.4, 0.5) is 0 Å². The molecule has 1 aromatic carbocycles. The maximum Gasteiger partial charge on any atom is 0.320 e. The van der Waals surface area contributed by atoms with Crippen LogP contribution in [0.3, 0.4) is 0 Å². The van der Waals surface area contributed by atoms with Gasteiger partial charge >= 0.3 is 12.0 Å². The van der Waals surface area contributed by atoms with E-state index in [-0.39, 0.29) is 31.1 Å². The van der Waals surface area contributed by atoms with E-state index in [1.54, 1.807) is 6.20 Å². The van der Waals surface area contributed by atoms with Gasteiger partial charge in [0, 0.05) is 6.20 Å². The number of aromatic amines is 1. The van der Waals surface area contributed by atoms with Crippen LogP contribution < -0.4 is 4.74 Å². The first-order chi connectivity index (χ1) is 17.4. The number of ether oxygens (including phenoxy) is 3. The van der Waals surface area contributed by atoms with Crippen molar-refractivity contribution in [1.29, 1.82) is 0 Å². The number of rotatable bonds is 9. The first-order valence-corrected chi connectivity index (χ1v) is 12.1. The van der Waals surface area contributed by atoms with Crippen LogP contribution in [0.1, 0.15) is 44.9 Å². The van der Waals surface area contributed by atoms with Gasteiger partial charge < -0.3 is 14.2 Å². The molecular weight excluding hydrogens is 456 g/mol.